The smallest absolute Gasteiger partial charge is 0.253 e. The molecular weight excluding hydrogens is 467 g/mol. The summed E-state index contributed by atoms with van der Waals surface area (Å²) in [6.07, 6.45) is 3.38. The van der Waals surface area contributed by atoms with Crippen LogP contribution in [-0.4, -0.2) is 21.4 Å². The van der Waals surface area contributed by atoms with Crippen molar-refractivity contribution in [2.45, 2.75) is 18.5 Å². The lowest BCUT2D eigenvalue weighted by molar-refractivity contribution is -0.122. The average Bonchev–Trinajstić information content (AvgIpc) is 3.29. The molecule has 2 N–H and O–H groups in total. The maximum Gasteiger partial charge on any atom is 0.253 e. The van der Waals surface area contributed by atoms with Crippen LogP contribution in [0.2, 0.25) is 5.02 Å². The van der Waals surface area contributed by atoms with E-state index in [1.54, 1.807) is 53.4 Å². The first-order chi connectivity index (χ1) is 16.9. The van der Waals surface area contributed by atoms with Gasteiger partial charge in [0.25, 0.3) is 5.91 Å². The summed E-state index contributed by atoms with van der Waals surface area (Å²) in [6.45, 7) is 0. The second-order valence-corrected chi connectivity index (χ2v) is 8.48. The summed E-state index contributed by atoms with van der Waals surface area (Å²) in [5, 5.41) is 6.26. The number of aryl methyl sites for hydroxylation is 1. The number of hydrogen-bond donors (Lipinski definition) is 2. The molecule has 3 aromatic carbocycles. The molecule has 1 heterocycles. The van der Waals surface area contributed by atoms with E-state index in [1.165, 1.54) is 12.1 Å². The number of hydrogen-bond acceptors (Lipinski definition) is 3. The van der Waals surface area contributed by atoms with Crippen molar-refractivity contribution in [1.82, 2.24) is 20.2 Å². The zero-order valence-corrected chi connectivity index (χ0v) is 19.7. The summed E-state index contributed by atoms with van der Waals surface area (Å²) in [7, 11) is 1.82. The van der Waals surface area contributed by atoms with Crippen molar-refractivity contribution in [2.75, 3.05) is 0 Å². The third-order valence-corrected chi connectivity index (χ3v) is 5.97. The molecule has 0 saturated carbocycles. The van der Waals surface area contributed by atoms with Gasteiger partial charge in [0.1, 0.15) is 17.7 Å². The van der Waals surface area contributed by atoms with Crippen molar-refractivity contribution >= 4 is 23.4 Å². The molecule has 2 atom stereocenters. The topological polar surface area (TPSA) is 76.0 Å². The average molecular weight is 491 g/mol. The van der Waals surface area contributed by atoms with Crippen LogP contribution in [0.5, 0.6) is 0 Å². The van der Waals surface area contributed by atoms with Crippen LogP contribution >= 0.6 is 11.6 Å². The van der Waals surface area contributed by atoms with Crippen LogP contribution in [0.25, 0.3) is 0 Å². The number of halogens is 2. The highest BCUT2D eigenvalue weighted by atomic mass is 35.5. The normalized spacial score (nSPS) is 12.5. The van der Waals surface area contributed by atoms with E-state index < -0.39 is 12.1 Å². The Bertz CT molecular complexity index is 1310. The summed E-state index contributed by atoms with van der Waals surface area (Å²) < 4.78 is 15.3. The Morgan fingerprint density at radius 1 is 0.943 bits per heavy atom. The quantitative estimate of drug-likeness (QED) is 0.366. The van der Waals surface area contributed by atoms with Gasteiger partial charge in [-0.25, -0.2) is 9.37 Å². The molecular formula is C27H24ClFN4O2. The summed E-state index contributed by atoms with van der Waals surface area (Å²) in [4.78, 5) is 30.6. The van der Waals surface area contributed by atoms with Crippen molar-refractivity contribution in [2.24, 2.45) is 7.05 Å². The fourth-order valence-electron chi connectivity index (χ4n) is 3.83. The number of imidazole rings is 1. The fraction of sp³-hybridized carbons (Fsp3) is 0.148. The van der Waals surface area contributed by atoms with E-state index in [9.17, 15) is 14.0 Å². The molecule has 2 amide bonds. The number of nitrogens with one attached hydrogen (secondary N) is 2. The maximum absolute atomic E-state index is 13.5. The molecule has 4 aromatic rings. The van der Waals surface area contributed by atoms with Crippen LogP contribution in [0, 0.1) is 5.82 Å². The molecule has 0 spiro atoms. The Balaban J connectivity index is 1.57. The molecule has 0 aliphatic carbocycles. The summed E-state index contributed by atoms with van der Waals surface area (Å²) in [6, 6.07) is 20.7. The van der Waals surface area contributed by atoms with E-state index in [0.717, 1.165) is 5.56 Å². The van der Waals surface area contributed by atoms with Gasteiger partial charge in [-0.15, -0.1) is 0 Å². The molecule has 6 nitrogen and oxygen atoms in total. The molecule has 4 rings (SSSR count). The van der Waals surface area contributed by atoms with E-state index in [2.05, 4.69) is 15.6 Å². The summed E-state index contributed by atoms with van der Waals surface area (Å²) in [5.74, 6) is -0.460. The first kappa shape index (κ1) is 24.2. The van der Waals surface area contributed by atoms with Gasteiger partial charge in [0.15, 0.2) is 0 Å². The lowest BCUT2D eigenvalue weighted by atomic mass is 10.0. The molecule has 0 fully saturated rings. The van der Waals surface area contributed by atoms with Crippen molar-refractivity contribution in [3.05, 3.63) is 125 Å². The second-order valence-electron chi connectivity index (χ2n) is 8.07. The number of nitrogens with zero attached hydrogens (tertiary/aromatic N) is 2. The van der Waals surface area contributed by atoms with E-state index in [1.807, 2.05) is 37.4 Å². The van der Waals surface area contributed by atoms with E-state index in [4.69, 9.17) is 11.6 Å². The Labute approximate surface area is 207 Å². The standard InChI is InChI=1S/C27H24ClFN4O2/c1-33-16-15-30-26(33)25(19-11-13-20(29)14-12-19)32-24(34)17-23(18-7-3-2-4-8-18)31-27(35)21-9-5-6-10-22(21)28/h2-16,23,25H,17H2,1H3,(H,31,35)(H,32,34)/t23-,25+/m0/s1. The van der Waals surface area contributed by atoms with E-state index in [0.29, 0.717) is 22.0 Å². The molecule has 0 unspecified atom stereocenters. The fourth-order valence-corrected chi connectivity index (χ4v) is 4.05. The van der Waals surface area contributed by atoms with Crippen molar-refractivity contribution in [1.29, 1.82) is 0 Å². The lowest BCUT2D eigenvalue weighted by Crippen LogP contribution is -2.36. The Kier molecular flexibility index (Phi) is 7.57. The highest BCUT2D eigenvalue weighted by Crippen LogP contribution is 2.24. The highest BCUT2D eigenvalue weighted by Gasteiger charge is 2.25. The molecule has 178 valence electrons. The number of carbonyl (C=O) groups is 2. The van der Waals surface area contributed by atoms with Crippen molar-refractivity contribution in [3.8, 4) is 0 Å². The summed E-state index contributed by atoms with van der Waals surface area (Å²) in [5.41, 5.74) is 1.79. The molecule has 0 radical (unpaired) electrons. The minimum atomic E-state index is -0.602. The van der Waals surface area contributed by atoms with Gasteiger partial charge >= 0.3 is 0 Å². The van der Waals surface area contributed by atoms with Gasteiger partial charge in [-0.3, -0.25) is 9.59 Å². The van der Waals surface area contributed by atoms with Gasteiger partial charge in [-0.1, -0.05) is 66.2 Å². The number of rotatable bonds is 8. The third-order valence-electron chi connectivity index (χ3n) is 5.64. The molecule has 0 aliphatic rings. The van der Waals surface area contributed by atoms with Gasteiger partial charge in [0.2, 0.25) is 5.91 Å². The predicted octanol–water partition coefficient (Wildman–Crippen LogP) is 4.98. The van der Waals surface area contributed by atoms with Crippen LogP contribution in [0.15, 0.2) is 91.3 Å². The predicted molar refractivity (Wildman–Crippen MR) is 132 cm³/mol. The Morgan fingerprint density at radius 2 is 1.63 bits per heavy atom. The van der Waals surface area contributed by atoms with Crippen LogP contribution in [0.1, 0.15) is 45.8 Å². The number of amides is 2. The largest absolute Gasteiger partial charge is 0.345 e. The van der Waals surface area contributed by atoms with Gasteiger partial charge in [-0.05, 0) is 35.4 Å². The van der Waals surface area contributed by atoms with E-state index >= 15 is 0 Å². The Morgan fingerprint density at radius 3 is 2.29 bits per heavy atom. The SMILES string of the molecule is Cn1ccnc1[C@H](NC(=O)C[C@H](NC(=O)c1ccccc1Cl)c1ccccc1)c1ccc(F)cc1. The van der Waals surface area contributed by atoms with Gasteiger partial charge in [-0.2, -0.15) is 0 Å². The van der Waals surface area contributed by atoms with Crippen LogP contribution in [-0.2, 0) is 11.8 Å². The first-order valence-corrected chi connectivity index (χ1v) is 11.4. The molecule has 8 heteroatoms. The molecule has 0 saturated heterocycles. The Hall–Kier alpha value is -3.97. The van der Waals surface area contributed by atoms with E-state index in [-0.39, 0.29) is 24.1 Å². The molecule has 1 aromatic heterocycles. The first-order valence-electron chi connectivity index (χ1n) is 11.0. The zero-order valence-electron chi connectivity index (χ0n) is 19.0. The van der Waals surface area contributed by atoms with Crippen LogP contribution in [0.4, 0.5) is 4.39 Å². The molecule has 0 aliphatic heterocycles. The van der Waals surface area contributed by atoms with Crippen molar-refractivity contribution < 1.29 is 14.0 Å². The minimum Gasteiger partial charge on any atom is -0.345 e. The maximum atomic E-state index is 13.5. The van der Waals surface area contributed by atoms with Gasteiger partial charge < -0.3 is 15.2 Å². The monoisotopic (exact) mass is 490 g/mol. The van der Waals surface area contributed by atoms with Gasteiger partial charge in [0, 0.05) is 19.4 Å². The summed E-state index contributed by atoms with van der Waals surface area (Å²) >= 11 is 6.20. The molecule has 35 heavy (non-hydrogen) atoms. The number of carbonyl (C=O) groups excluding carboxylic acids is 2. The second kappa shape index (κ2) is 11.0. The number of aromatic nitrogens is 2. The lowest BCUT2D eigenvalue weighted by Gasteiger charge is -2.23. The highest BCUT2D eigenvalue weighted by molar-refractivity contribution is 6.33. The third kappa shape index (κ3) is 5.94. The zero-order chi connectivity index (χ0) is 24.8. The van der Waals surface area contributed by atoms with Crippen LogP contribution in [0.3, 0.4) is 0 Å². The van der Waals surface area contributed by atoms with Crippen molar-refractivity contribution in [3.63, 3.8) is 0 Å². The number of benzene rings is 3. The molecule has 0 bridgehead atoms. The minimum absolute atomic E-state index is 0.0255. The van der Waals surface area contributed by atoms with Crippen LogP contribution < -0.4 is 10.6 Å². The van der Waals surface area contributed by atoms with Gasteiger partial charge in [0.05, 0.1) is 23.0 Å².